The second-order valence-electron chi connectivity index (χ2n) is 3.94. The average Bonchev–Trinajstić information content (AvgIpc) is 2.40. The number of benzene rings is 1. The van der Waals surface area contributed by atoms with E-state index in [1.807, 2.05) is 6.92 Å². The van der Waals surface area contributed by atoms with E-state index in [1.165, 1.54) is 6.20 Å². The number of nitrogens with zero attached hydrogens (tertiary/aromatic N) is 2. The highest BCUT2D eigenvalue weighted by molar-refractivity contribution is 7.80. The van der Waals surface area contributed by atoms with E-state index in [0.717, 1.165) is 11.3 Å². The summed E-state index contributed by atoms with van der Waals surface area (Å²) in [5, 5.41) is 2.72. The molecule has 0 aliphatic rings. The number of rotatable bonds is 3. The Labute approximate surface area is 115 Å². The Hall–Kier alpha value is -2.34. The lowest BCUT2D eigenvalue weighted by Crippen LogP contribution is -2.14. The van der Waals surface area contributed by atoms with Gasteiger partial charge in [-0.2, -0.15) is 0 Å². The molecule has 1 heterocycles. The van der Waals surface area contributed by atoms with Crippen molar-refractivity contribution in [1.82, 2.24) is 9.97 Å². The first-order chi connectivity index (χ1) is 9.06. The van der Waals surface area contributed by atoms with Crippen LogP contribution in [0.25, 0.3) is 0 Å². The third-order valence-corrected chi connectivity index (χ3v) is 2.68. The Balaban J connectivity index is 2.10. The molecule has 5 nitrogen and oxygen atoms in total. The second kappa shape index (κ2) is 5.53. The Morgan fingerprint density at radius 1 is 1.21 bits per heavy atom. The highest BCUT2D eigenvalue weighted by Gasteiger charge is 2.07. The molecular weight excluding hydrogens is 260 g/mol. The van der Waals surface area contributed by atoms with Crippen LogP contribution in [0.2, 0.25) is 0 Å². The van der Waals surface area contributed by atoms with Gasteiger partial charge in [0.25, 0.3) is 5.91 Å². The largest absolute Gasteiger partial charge is 0.389 e. The summed E-state index contributed by atoms with van der Waals surface area (Å²) in [6.07, 6.45) is 2.99. The quantitative estimate of drug-likeness (QED) is 0.831. The Kier molecular flexibility index (Phi) is 3.82. The summed E-state index contributed by atoms with van der Waals surface area (Å²) >= 11 is 4.85. The van der Waals surface area contributed by atoms with Crippen LogP contribution in [-0.4, -0.2) is 20.9 Å². The van der Waals surface area contributed by atoms with Crippen molar-refractivity contribution in [2.24, 2.45) is 5.73 Å². The topological polar surface area (TPSA) is 80.9 Å². The molecule has 0 radical (unpaired) electrons. The Morgan fingerprint density at radius 2 is 1.89 bits per heavy atom. The number of nitrogens with two attached hydrogens (primary N) is 1. The molecule has 2 rings (SSSR count). The number of amides is 1. The fraction of sp³-hybridized carbons (Fsp3) is 0.0769. The summed E-state index contributed by atoms with van der Waals surface area (Å²) < 4.78 is 0. The van der Waals surface area contributed by atoms with Gasteiger partial charge in [0.15, 0.2) is 0 Å². The van der Waals surface area contributed by atoms with Gasteiger partial charge < -0.3 is 11.1 Å². The highest BCUT2D eigenvalue weighted by atomic mass is 32.1. The van der Waals surface area contributed by atoms with Gasteiger partial charge >= 0.3 is 0 Å². The maximum absolute atomic E-state index is 11.9. The molecule has 0 saturated heterocycles. The number of nitrogens with one attached hydrogen (secondary N) is 1. The van der Waals surface area contributed by atoms with Gasteiger partial charge in [0.2, 0.25) is 0 Å². The molecule has 19 heavy (non-hydrogen) atoms. The predicted octanol–water partition coefficient (Wildman–Crippen LogP) is 1.67. The SMILES string of the molecule is Cc1cnc(C(=O)Nc2ccc(C(N)=S)cc2)cn1. The van der Waals surface area contributed by atoms with Gasteiger partial charge in [-0.25, -0.2) is 4.98 Å². The summed E-state index contributed by atoms with van der Waals surface area (Å²) in [4.78, 5) is 20.2. The molecule has 0 aliphatic carbocycles. The average molecular weight is 272 g/mol. The van der Waals surface area contributed by atoms with Crippen molar-refractivity contribution in [2.75, 3.05) is 5.32 Å². The number of aryl methyl sites for hydroxylation is 1. The summed E-state index contributed by atoms with van der Waals surface area (Å²) in [6, 6.07) is 6.96. The molecule has 0 aliphatic heterocycles. The monoisotopic (exact) mass is 272 g/mol. The highest BCUT2D eigenvalue weighted by Crippen LogP contribution is 2.10. The van der Waals surface area contributed by atoms with Crippen LogP contribution in [0.3, 0.4) is 0 Å². The lowest BCUT2D eigenvalue weighted by atomic mass is 10.2. The number of hydrogen-bond acceptors (Lipinski definition) is 4. The van der Waals surface area contributed by atoms with E-state index in [1.54, 1.807) is 30.5 Å². The Bertz CT molecular complexity index is 608. The van der Waals surface area contributed by atoms with E-state index in [9.17, 15) is 4.79 Å². The summed E-state index contributed by atoms with van der Waals surface area (Å²) in [6.45, 7) is 1.81. The third-order valence-electron chi connectivity index (χ3n) is 2.44. The summed E-state index contributed by atoms with van der Waals surface area (Å²) in [7, 11) is 0. The zero-order chi connectivity index (χ0) is 13.8. The van der Waals surface area contributed by atoms with Gasteiger partial charge in [-0.1, -0.05) is 12.2 Å². The lowest BCUT2D eigenvalue weighted by Gasteiger charge is -2.05. The van der Waals surface area contributed by atoms with E-state index in [2.05, 4.69) is 15.3 Å². The van der Waals surface area contributed by atoms with Crippen LogP contribution in [0.15, 0.2) is 36.7 Å². The molecule has 1 aromatic carbocycles. The maximum atomic E-state index is 11.9. The van der Waals surface area contributed by atoms with E-state index >= 15 is 0 Å². The second-order valence-corrected chi connectivity index (χ2v) is 4.38. The van der Waals surface area contributed by atoms with Crippen molar-refractivity contribution in [3.05, 3.63) is 53.6 Å². The first kappa shape index (κ1) is 13.1. The molecule has 0 atom stereocenters. The van der Waals surface area contributed by atoms with Crippen molar-refractivity contribution < 1.29 is 4.79 Å². The van der Waals surface area contributed by atoms with Gasteiger partial charge in [-0.3, -0.25) is 9.78 Å². The van der Waals surface area contributed by atoms with E-state index in [-0.39, 0.29) is 11.6 Å². The molecule has 6 heteroatoms. The molecule has 1 amide bonds. The van der Waals surface area contributed by atoms with Crippen molar-refractivity contribution in [3.63, 3.8) is 0 Å². The van der Waals surface area contributed by atoms with Crippen LogP contribution in [0, 0.1) is 6.92 Å². The molecule has 0 unspecified atom stereocenters. The van der Waals surface area contributed by atoms with Crippen LogP contribution in [0.1, 0.15) is 21.7 Å². The van der Waals surface area contributed by atoms with Crippen LogP contribution in [-0.2, 0) is 0 Å². The minimum absolute atomic E-state index is 0.268. The van der Waals surface area contributed by atoms with Gasteiger partial charge in [0, 0.05) is 17.4 Å². The van der Waals surface area contributed by atoms with Crippen LogP contribution in [0.4, 0.5) is 5.69 Å². The van der Waals surface area contributed by atoms with Crippen molar-refractivity contribution in [1.29, 1.82) is 0 Å². The normalized spacial score (nSPS) is 9.95. The third kappa shape index (κ3) is 3.32. The molecule has 2 aromatic rings. The molecule has 0 bridgehead atoms. The summed E-state index contributed by atoms with van der Waals surface area (Å²) in [5.41, 5.74) is 7.92. The molecule has 96 valence electrons. The van der Waals surface area contributed by atoms with Gasteiger partial charge in [0.1, 0.15) is 10.7 Å². The number of thiocarbonyl (C=S) groups is 1. The first-order valence-corrected chi connectivity index (χ1v) is 5.97. The number of aromatic nitrogens is 2. The van der Waals surface area contributed by atoms with E-state index in [4.69, 9.17) is 18.0 Å². The van der Waals surface area contributed by atoms with Crippen molar-refractivity contribution >= 4 is 28.8 Å². The predicted molar refractivity (Wildman–Crippen MR) is 77.1 cm³/mol. The van der Waals surface area contributed by atoms with E-state index < -0.39 is 0 Å². The minimum atomic E-state index is -0.310. The van der Waals surface area contributed by atoms with E-state index in [0.29, 0.717) is 10.7 Å². The minimum Gasteiger partial charge on any atom is -0.389 e. The molecule has 3 N–H and O–H groups in total. The molecular formula is C13H12N4OS. The fourth-order valence-corrected chi connectivity index (χ4v) is 1.56. The van der Waals surface area contributed by atoms with Crippen LogP contribution in [0.5, 0.6) is 0 Å². The number of hydrogen-bond donors (Lipinski definition) is 2. The van der Waals surface area contributed by atoms with Gasteiger partial charge in [0.05, 0.1) is 11.9 Å². The van der Waals surface area contributed by atoms with Crippen molar-refractivity contribution in [3.8, 4) is 0 Å². The standard InChI is InChI=1S/C13H12N4OS/c1-8-6-16-11(7-15-8)13(18)17-10-4-2-9(3-5-10)12(14)19/h2-7H,1H3,(H2,14,19)(H,17,18). The Morgan fingerprint density at radius 3 is 2.42 bits per heavy atom. The molecule has 0 fully saturated rings. The molecule has 0 saturated carbocycles. The maximum Gasteiger partial charge on any atom is 0.275 e. The van der Waals surface area contributed by atoms with Crippen molar-refractivity contribution in [2.45, 2.75) is 6.92 Å². The number of carbonyl (C=O) groups excluding carboxylic acids is 1. The summed E-state index contributed by atoms with van der Waals surface area (Å²) in [5.74, 6) is -0.310. The first-order valence-electron chi connectivity index (χ1n) is 5.56. The van der Waals surface area contributed by atoms with Crippen LogP contribution < -0.4 is 11.1 Å². The fourth-order valence-electron chi connectivity index (χ4n) is 1.42. The van der Waals surface area contributed by atoms with Crippen LogP contribution >= 0.6 is 12.2 Å². The lowest BCUT2D eigenvalue weighted by molar-refractivity contribution is 0.102. The smallest absolute Gasteiger partial charge is 0.275 e. The van der Waals surface area contributed by atoms with Gasteiger partial charge in [-0.05, 0) is 31.2 Å². The molecule has 0 spiro atoms. The van der Waals surface area contributed by atoms with Gasteiger partial charge in [-0.15, -0.1) is 0 Å². The number of anilines is 1. The number of carbonyl (C=O) groups is 1. The zero-order valence-electron chi connectivity index (χ0n) is 10.3. The molecule has 1 aromatic heterocycles. The zero-order valence-corrected chi connectivity index (χ0v) is 11.1.